The third kappa shape index (κ3) is 4.41. The summed E-state index contributed by atoms with van der Waals surface area (Å²) in [6.07, 6.45) is 3.08. The molecule has 3 rings (SSSR count). The smallest absolute Gasteiger partial charge is 0.250 e. The Bertz CT molecular complexity index is 933. The molecule has 1 aromatic heterocycles. The standard InChI is InChI=1S/C19H18N2O4S2/c1-21-18(19(24)14-5-3-4-6-16(14)27-21)15(22)8-7-13-9-12(11-26-13)20-17(23)10-25-2/h3-9,11,24H,10H2,1-2H3,(H,20,23)/b8-7+. The highest BCUT2D eigenvalue weighted by Crippen LogP contribution is 2.38. The lowest BCUT2D eigenvalue weighted by molar-refractivity contribution is -0.119. The molecule has 0 bridgehead atoms. The Kier molecular flexibility index (Phi) is 6.00. The van der Waals surface area contributed by atoms with Gasteiger partial charge in [0.05, 0.1) is 5.69 Å². The Morgan fingerprint density at radius 1 is 1.33 bits per heavy atom. The molecule has 1 aliphatic heterocycles. The highest BCUT2D eigenvalue weighted by atomic mass is 32.2. The summed E-state index contributed by atoms with van der Waals surface area (Å²) in [7, 11) is 3.20. The first kappa shape index (κ1) is 19.2. The van der Waals surface area contributed by atoms with Crippen LogP contribution in [0.2, 0.25) is 0 Å². The van der Waals surface area contributed by atoms with E-state index in [9.17, 15) is 14.7 Å². The van der Waals surface area contributed by atoms with Crippen LogP contribution in [-0.4, -0.2) is 41.9 Å². The number of likely N-dealkylation sites (N-methyl/N-ethyl adjacent to an activating group) is 1. The molecule has 1 amide bonds. The van der Waals surface area contributed by atoms with Crippen LogP contribution in [0.4, 0.5) is 5.69 Å². The van der Waals surface area contributed by atoms with Crippen LogP contribution in [0.15, 0.2) is 52.4 Å². The summed E-state index contributed by atoms with van der Waals surface area (Å²) < 4.78 is 6.43. The summed E-state index contributed by atoms with van der Waals surface area (Å²) >= 11 is 2.79. The summed E-state index contributed by atoms with van der Waals surface area (Å²) in [5, 5.41) is 15.0. The number of anilines is 1. The number of nitrogens with zero attached hydrogens (tertiary/aromatic N) is 1. The van der Waals surface area contributed by atoms with Gasteiger partial charge in [-0.25, -0.2) is 0 Å². The molecule has 0 unspecified atom stereocenters. The minimum atomic E-state index is -0.296. The maximum atomic E-state index is 12.6. The molecule has 1 aromatic carbocycles. The minimum absolute atomic E-state index is 0.0155. The number of amides is 1. The first-order chi connectivity index (χ1) is 13.0. The van der Waals surface area contributed by atoms with Crippen LogP contribution in [0.1, 0.15) is 10.4 Å². The molecule has 2 aromatic rings. The van der Waals surface area contributed by atoms with Crippen molar-refractivity contribution in [3.8, 4) is 0 Å². The summed E-state index contributed by atoms with van der Waals surface area (Å²) in [6, 6.07) is 9.17. The highest BCUT2D eigenvalue weighted by molar-refractivity contribution is 7.97. The number of thiophene rings is 1. The second-order valence-electron chi connectivity index (χ2n) is 5.70. The number of carbonyl (C=O) groups is 2. The second-order valence-corrected chi connectivity index (χ2v) is 7.81. The van der Waals surface area contributed by atoms with E-state index in [-0.39, 0.29) is 29.8 Å². The Balaban J connectivity index is 1.75. The van der Waals surface area contributed by atoms with Gasteiger partial charge in [-0.2, -0.15) is 0 Å². The van der Waals surface area contributed by atoms with Gasteiger partial charge < -0.3 is 19.5 Å². The van der Waals surface area contributed by atoms with E-state index < -0.39 is 0 Å². The number of hydrogen-bond acceptors (Lipinski definition) is 7. The molecule has 0 aliphatic carbocycles. The fraction of sp³-hybridized carbons (Fsp3) is 0.158. The number of benzene rings is 1. The van der Waals surface area contributed by atoms with Crippen molar-refractivity contribution in [2.24, 2.45) is 0 Å². The largest absolute Gasteiger partial charge is 0.505 e. The monoisotopic (exact) mass is 402 g/mol. The van der Waals surface area contributed by atoms with E-state index in [0.717, 1.165) is 9.77 Å². The number of aliphatic hydroxyl groups is 1. The molecule has 140 valence electrons. The molecular weight excluding hydrogens is 384 g/mol. The maximum absolute atomic E-state index is 12.6. The van der Waals surface area contributed by atoms with Crippen LogP contribution in [-0.2, 0) is 14.3 Å². The van der Waals surface area contributed by atoms with Gasteiger partial charge >= 0.3 is 0 Å². The minimum Gasteiger partial charge on any atom is -0.505 e. The van der Waals surface area contributed by atoms with Crippen molar-refractivity contribution in [1.29, 1.82) is 0 Å². The van der Waals surface area contributed by atoms with Gasteiger partial charge in [-0.1, -0.05) is 12.1 Å². The average Bonchev–Trinajstić information content (AvgIpc) is 3.07. The zero-order valence-electron chi connectivity index (χ0n) is 14.8. The van der Waals surface area contributed by atoms with Crippen LogP contribution in [0.25, 0.3) is 11.8 Å². The highest BCUT2D eigenvalue weighted by Gasteiger charge is 2.26. The number of fused-ring (bicyclic) bond motifs is 1. The molecule has 0 spiro atoms. The molecule has 6 nitrogen and oxygen atoms in total. The van der Waals surface area contributed by atoms with E-state index in [1.54, 1.807) is 34.9 Å². The van der Waals surface area contributed by atoms with Crippen molar-refractivity contribution in [2.75, 3.05) is 26.1 Å². The van der Waals surface area contributed by atoms with Crippen LogP contribution in [0.3, 0.4) is 0 Å². The van der Waals surface area contributed by atoms with Crippen molar-refractivity contribution in [2.45, 2.75) is 4.90 Å². The summed E-state index contributed by atoms with van der Waals surface area (Å²) in [5.74, 6) is -0.563. The lowest BCUT2D eigenvalue weighted by Crippen LogP contribution is -2.21. The van der Waals surface area contributed by atoms with E-state index in [2.05, 4.69) is 5.32 Å². The van der Waals surface area contributed by atoms with Gasteiger partial charge in [0, 0.05) is 34.9 Å². The lowest BCUT2D eigenvalue weighted by atomic mass is 10.1. The van der Waals surface area contributed by atoms with E-state index in [1.165, 1.54) is 36.5 Å². The topological polar surface area (TPSA) is 78.9 Å². The van der Waals surface area contributed by atoms with Gasteiger partial charge in [-0.3, -0.25) is 9.59 Å². The van der Waals surface area contributed by atoms with Crippen LogP contribution in [0.5, 0.6) is 0 Å². The van der Waals surface area contributed by atoms with Crippen LogP contribution < -0.4 is 5.32 Å². The summed E-state index contributed by atoms with van der Waals surface area (Å²) in [5.41, 5.74) is 1.53. The molecule has 0 atom stereocenters. The normalized spacial score (nSPS) is 13.8. The van der Waals surface area contributed by atoms with Crippen molar-refractivity contribution >= 4 is 52.5 Å². The van der Waals surface area contributed by atoms with Gasteiger partial charge in [0.1, 0.15) is 12.3 Å². The van der Waals surface area contributed by atoms with Crippen molar-refractivity contribution in [3.05, 3.63) is 57.9 Å². The van der Waals surface area contributed by atoms with E-state index in [1.807, 2.05) is 18.2 Å². The fourth-order valence-corrected chi connectivity index (χ4v) is 4.25. The Morgan fingerprint density at radius 2 is 2.11 bits per heavy atom. The molecule has 27 heavy (non-hydrogen) atoms. The van der Waals surface area contributed by atoms with Gasteiger partial charge in [-0.05, 0) is 42.3 Å². The molecule has 2 heterocycles. The zero-order chi connectivity index (χ0) is 19.4. The van der Waals surface area contributed by atoms with Crippen molar-refractivity contribution < 1.29 is 19.4 Å². The number of hydrogen-bond donors (Lipinski definition) is 2. The number of aliphatic hydroxyl groups excluding tert-OH is 1. The maximum Gasteiger partial charge on any atom is 0.250 e. The molecule has 0 saturated heterocycles. The quantitative estimate of drug-likeness (QED) is 0.565. The number of rotatable bonds is 6. The summed E-state index contributed by atoms with van der Waals surface area (Å²) in [6.45, 7) is -0.0155. The third-order valence-corrected chi connectivity index (χ3v) is 5.63. The van der Waals surface area contributed by atoms with Gasteiger partial charge in [0.15, 0.2) is 5.76 Å². The van der Waals surface area contributed by atoms with E-state index >= 15 is 0 Å². The van der Waals surface area contributed by atoms with Gasteiger partial charge in [0.2, 0.25) is 11.7 Å². The second kappa shape index (κ2) is 8.43. The van der Waals surface area contributed by atoms with E-state index in [0.29, 0.717) is 11.3 Å². The Labute approximate surface area is 165 Å². The number of methoxy groups -OCH3 is 1. The number of carbonyl (C=O) groups excluding carboxylic acids is 2. The molecular formula is C19H18N2O4S2. The Hall–Kier alpha value is -2.55. The van der Waals surface area contributed by atoms with E-state index in [4.69, 9.17) is 4.74 Å². The Morgan fingerprint density at radius 3 is 2.89 bits per heavy atom. The molecule has 0 radical (unpaired) electrons. The summed E-state index contributed by atoms with van der Waals surface area (Å²) in [4.78, 5) is 25.9. The first-order valence-corrected chi connectivity index (χ1v) is 9.69. The third-order valence-electron chi connectivity index (χ3n) is 3.73. The predicted octanol–water partition coefficient (Wildman–Crippen LogP) is 3.79. The fourth-order valence-electron chi connectivity index (χ4n) is 2.55. The van der Waals surface area contributed by atoms with Crippen molar-refractivity contribution in [1.82, 2.24) is 4.31 Å². The van der Waals surface area contributed by atoms with Gasteiger partial charge in [-0.15, -0.1) is 11.3 Å². The predicted molar refractivity (Wildman–Crippen MR) is 108 cm³/mol. The molecule has 8 heteroatoms. The molecule has 0 fully saturated rings. The molecule has 0 saturated carbocycles. The SMILES string of the molecule is COCC(=O)Nc1csc(/C=C/C(=O)C2=C(O)c3ccccc3SN2C)c1. The number of nitrogens with one attached hydrogen (secondary N) is 1. The average molecular weight is 402 g/mol. The molecule has 1 aliphatic rings. The number of allylic oxidation sites excluding steroid dienone is 1. The lowest BCUT2D eigenvalue weighted by Gasteiger charge is -2.26. The molecule has 2 N–H and O–H groups in total. The zero-order valence-corrected chi connectivity index (χ0v) is 16.4. The number of ketones is 1. The number of ether oxygens (including phenoxy) is 1. The van der Waals surface area contributed by atoms with Crippen molar-refractivity contribution in [3.63, 3.8) is 0 Å². The van der Waals surface area contributed by atoms with Crippen LogP contribution in [0, 0.1) is 0 Å². The first-order valence-electron chi connectivity index (χ1n) is 8.03. The van der Waals surface area contributed by atoms with Gasteiger partial charge in [0.25, 0.3) is 0 Å². The van der Waals surface area contributed by atoms with Crippen LogP contribution >= 0.6 is 23.3 Å².